The summed E-state index contributed by atoms with van der Waals surface area (Å²) in [5.41, 5.74) is 2.61. The van der Waals surface area contributed by atoms with E-state index in [9.17, 15) is 9.59 Å². The van der Waals surface area contributed by atoms with E-state index in [-0.39, 0.29) is 18.4 Å². The summed E-state index contributed by atoms with van der Waals surface area (Å²) in [6.45, 7) is 3.73. The van der Waals surface area contributed by atoms with Gasteiger partial charge in [0.25, 0.3) is 5.91 Å². The van der Waals surface area contributed by atoms with Crippen molar-refractivity contribution in [3.8, 4) is 0 Å². The zero-order valence-corrected chi connectivity index (χ0v) is 12.2. The monoisotopic (exact) mass is 289 g/mol. The number of amides is 2. The number of fused-ring (bicyclic) bond motifs is 1. The number of benzene rings is 1. The van der Waals surface area contributed by atoms with Gasteiger partial charge in [-0.25, -0.2) is 4.98 Å². The van der Waals surface area contributed by atoms with E-state index < -0.39 is 5.54 Å². The molecule has 6 heteroatoms. The summed E-state index contributed by atoms with van der Waals surface area (Å²) in [4.78, 5) is 30.2. The van der Waals surface area contributed by atoms with Crippen molar-refractivity contribution < 1.29 is 9.59 Å². The van der Waals surface area contributed by atoms with E-state index in [0.29, 0.717) is 6.42 Å². The van der Waals surface area contributed by atoms with Crippen molar-refractivity contribution in [2.24, 2.45) is 0 Å². The third-order valence-electron chi connectivity index (χ3n) is 3.77. The van der Waals surface area contributed by atoms with Crippen LogP contribution in [-0.4, -0.2) is 28.9 Å². The molecule has 104 valence electrons. The maximum Gasteiger partial charge on any atom is 0.252 e. The first-order valence-corrected chi connectivity index (χ1v) is 7.38. The minimum Gasteiger partial charge on any atom is -0.340 e. The fourth-order valence-electron chi connectivity index (χ4n) is 2.37. The number of piperazine rings is 1. The van der Waals surface area contributed by atoms with Gasteiger partial charge in [0.05, 0.1) is 15.7 Å². The Kier molecular flexibility index (Phi) is 2.97. The highest BCUT2D eigenvalue weighted by molar-refractivity contribution is 7.16. The zero-order chi connectivity index (χ0) is 14.3. The van der Waals surface area contributed by atoms with E-state index in [1.54, 1.807) is 17.3 Å². The molecular weight excluding hydrogens is 274 g/mol. The summed E-state index contributed by atoms with van der Waals surface area (Å²) < 4.78 is 1.01. The molecule has 2 amide bonds. The largest absolute Gasteiger partial charge is 0.340 e. The van der Waals surface area contributed by atoms with Crippen LogP contribution >= 0.6 is 11.3 Å². The van der Waals surface area contributed by atoms with Gasteiger partial charge in [0.2, 0.25) is 5.91 Å². The molecule has 3 rings (SSSR count). The number of thiazole rings is 1. The van der Waals surface area contributed by atoms with Crippen LogP contribution in [0.5, 0.6) is 0 Å². The Morgan fingerprint density at radius 1 is 1.45 bits per heavy atom. The summed E-state index contributed by atoms with van der Waals surface area (Å²) in [5, 5.41) is 2.78. The third-order valence-corrected chi connectivity index (χ3v) is 4.56. The first kappa shape index (κ1) is 13.1. The second kappa shape index (κ2) is 4.56. The van der Waals surface area contributed by atoms with Gasteiger partial charge in [0.15, 0.2) is 0 Å². The number of rotatable bonds is 2. The molecule has 5 nitrogen and oxygen atoms in total. The number of nitrogens with zero attached hydrogens (tertiary/aromatic N) is 2. The number of hydrogen-bond acceptors (Lipinski definition) is 4. The van der Waals surface area contributed by atoms with Crippen molar-refractivity contribution in [3.63, 3.8) is 0 Å². The van der Waals surface area contributed by atoms with Crippen LogP contribution in [0.15, 0.2) is 23.7 Å². The number of nitrogens with one attached hydrogen (secondary N) is 1. The lowest BCUT2D eigenvalue weighted by Gasteiger charge is -2.39. The molecule has 1 atom stereocenters. The Morgan fingerprint density at radius 3 is 3.00 bits per heavy atom. The molecule has 0 radical (unpaired) electrons. The maximum absolute atomic E-state index is 12.6. The van der Waals surface area contributed by atoms with Crippen LogP contribution in [0.1, 0.15) is 20.3 Å². The molecule has 1 aliphatic heterocycles. The molecule has 1 aromatic heterocycles. The molecule has 2 aromatic rings. The predicted molar refractivity (Wildman–Crippen MR) is 78.8 cm³/mol. The SMILES string of the molecule is CCC1(C)NC(=O)CN(c2ccc3ncsc3c2)C1=O. The van der Waals surface area contributed by atoms with E-state index >= 15 is 0 Å². The van der Waals surface area contributed by atoms with E-state index in [2.05, 4.69) is 10.3 Å². The summed E-state index contributed by atoms with van der Waals surface area (Å²) >= 11 is 1.52. The highest BCUT2D eigenvalue weighted by Crippen LogP contribution is 2.28. The van der Waals surface area contributed by atoms with E-state index in [1.807, 2.05) is 25.1 Å². The summed E-state index contributed by atoms with van der Waals surface area (Å²) in [7, 11) is 0. The Labute approximate surface area is 120 Å². The predicted octanol–water partition coefficient (Wildman–Crippen LogP) is 1.93. The number of anilines is 1. The van der Waals surface area contributed by atoms with Crippen molar-refractivity contribution in [3.05, 3.63) is 23.7 Å². The molecule has 1 saturated heterocycles. The Balaban J connectivity index is 2.02. The average molecular weight is 289 g/mol. The number of carbonyl (C=O) groups is 2. The van der Waals surface area contributed by atoms with Gasteiger partial charge in [-0.15, -0.1) is 11.3 Å². The van der Waals surface area contributed by atoms with Crippen LogP contribution in [-0.2, 0) is 9.59 Å². The Morgan fingerprint density at radius 2 is 2.25 bits per heavy atom. The number of aromatic nitrogens is 1. The fraction of sp³-hybridized carbons (Fsp3) is 0.357. The molecule has 2 heterocycles. The molecule has 1 aromatic carbocycles. The van der Waals surface area contributed by atoms with Crippen molar-refractivity contribution in [2.45, 2.75) is 25.8 Å². The lowest BCUT2D eigenvalue weighted by Crippen LogP contribution is -2.65. The Bertz CT molecular complexity index is 697. The summed E-state index contributed by atoms with van der Waals surface area (Å²) in [6.07, 6.45) is 0.566. The molecule has 0 saturated carbocycles. The molecule has 20 heavy (non-hydrogen) atoms. The summed E-state index contributed by atoms with van der Waals surface area (Å²) in [6, 6.07) is 5.64. The van der Waals surface area contributed by atoms with Gasteiger partial charge in [0.1, 0.15) is 12.1 Å². The normalized spacial score (nSPS) is 23.2. The standard InChI is InChI=1S/C14H15N3O2S/c1-3-14(2)13(19)17(7-12(18)16-14)9-4-5-10-11(6-9)20-8-15-10/h4-6,8H,3,7H2,1-2H3,(H,16,18). The molecule has 0 bridgehead atoms. The maximum atomic E-state index is 12.6. The second-order valence-electron chi connectivity index (χ2n) is 5.13. The van der Waals surface area contributed by atoms with Crippen LogP contribution < -0.4 is 10.2 Å². The minimum absolute atomic E-state index is 0.0662. The quantitative estimate of drug-likeness (QED) is 0.919. The molecule has 1 N–H and O–H groups in total. The molecule has 1 fully saturated rings. The third kappa shape index (κ3) is 1.96. The highest BCUT2D eigenvalue weighted by atomic mass is 32.1. The van der Waals surface area contributed by atoms with E-state index in [0.717, 1.165) is 15.9 Å². The second-order valence-corrected chi connectivity index (χ2v) is 6.02. The van der Waals surface area contributed by atoms with Gasteiger partial charge in [-0.2, -0.15) is 0 Å². The zero-order valence-electron chi connectivity index (χ0n) is 11.3. The van der Waals surface area contributed by atoms with E-state index in [4.69, 9.17) is 0 Å². The lowest BCUT2D eigenvalue weighted by atomic mass is 9.94. The first-order valence-electron chi connectivity index (χ1n) is 6.50. The summed E-state index contributed by atoms with van der Waals surface area (Å²) in [5.74, 6) is -0.193. The van der Waals surface area contributed by atoms with Crippen LogP contribution in [0.4, 0.5) is 5.69 Å². The van der Waals surface area contributed by atoms with Gasteiger partial charge in [0, 0.05) is 5.69 Å². The smallest absolute Gasteiger partial charge is 0.252 e. The van der Waals surface area contributed by atoms with Gasteiger partial charge in [-0.1, -0.05) is 6.92 Å². The fourth-order valence-corrected chi connectivity index (χ4v) is 3.08. The molecule has 1 aliphatic rings. The highest BCUT2D eigenvalue weighted by Gasteiger charge is 2.42. The molecule has 0 aliphatic carbocycles. The van der Waals surface area contributed by atoms with Crippen LogP contribution in [0.25, 0.3) is 10.2 Å². The number of carbonyl (C=O) groups excluding carboxylic acids is 2. The molecule has 1 unspecified atom stereocenters. The van der Waals surface area contributed by atoms with Crippen molar-refractivity contribution >= 4 is 39.1 Å². The lowest BCUT2D eigenvalue weighted by molar-refractivity contribution is -0.135. The van der Waals surface area contributed by atoms with Gasteiger partial charge in [-0.3, -0.25) is 9.59 Å². The molecular formula is C14H15N3O2S. The van der Waals surface area contributed by atoms with Crippen molar-refractivity contribution in [1.29, 1.82) is 0 Å². The van der Waals surface area contributed by atoms with Crippen molar-refractivity contribution in [1.82, 2.24) is 10.3 Å². The molecule has 0 spiro atoms. The van der Waals surface area contributed by atoms with Crippen LogP contribution in [0.2, 0.25) is 0 Å². The Hall–Kier alpha value is -1.95. The minimum atomic E-state index is -0.821. The average Bonchev–Trinajstić information content (AvgIpc) is 2.90. The van der Waals surface area contributed by atoms with Crippen LogP contribution in [0.3, 0.4) is 0 Å². The first-order chi connectivity index (χ1) is 9.53. The van der Waals surface area contributed by atoms with Gasteiger partial charge >= 0.3 is 0 Å². The van der Waals surface area contributed by atoms with Gasteiger partial charge in [-0.05, 0) is 31.5 Å². The van der Waals surface area contributed by atoms with E-state index in [1.165, 1.54) is 11.3 Å². The topological polar surface area (TPSA) is 62.3 Å². The number of hydrogen-bond donors (Lipinski definition) is 1. The van der Waals surface area contributed by atoms with Crippen molar-refractivity contribution in [2.75, 3.05) is 11.4 Å². The van der Waals surface area contributed by atoms with Crippen LogP contribution in [0, 0.1) is 0 Å². The van der Waals surface area contributed by atoms with Gasteiger partial charge < -0.3 is 10.2 Å².